The van der Waals surface area contributed by atoms with Crippen molar-refractivity contribution in [2.45, 2.75) is 6.92 Å². The molecule has 0 saturated carbocycles. The van der Waals surface area contributed by atoms with Crippen molar-refractivity contribution >= 4 is 28.3 Å². The highest BCUT2D eigenvalue weighted by Gasteiger charge is 2.17. The van der Waals surface area contributed by atoms with Gasteiger partial charge in [0.15, 0.2) is 11.6 Å². The second-order valence-corrected chi connectivity index (χ2v) is 6.24. The Morgan fingerprint density at radius 1 is 1.14 bits per heavy atom. The molecule has 3 rings (SSSR count). The van der Waals surface area contributed by atoms with Gasteiger partial charge in [-0.05, 0) is 47.7 Å². The summed E-state index contributed by atoms with van der Waals surface area (Å²) in [5.74, 6) is -1.08. The van der Waals surface area contributed by atoms with E-state index in [4.69, 9.17) is 10.5 Å². The summed E-state index contributed by atoms with van der Waals surface area (Å²) in [7, 11) is 0. The summed E-state index contributed by atoms with van der Waals surface area (Å²) in [4.78, 5) is 16.1. The lowest BCUT2D eigenvalue weighted by Gasteiger charge is -2.13. The van der Waals surface area contributed by atoms with Crippen molar-refractivity contribution in [2.75, 3.05) is 0 Å². The zero-order chi connectivity index (χ0) is 20.3. The molecule has 0 aliphatic rings. The van der Waals surface area contributed by atoms with Crippen molar-refractivity contribution in [1.29, 1.82) is 0 Å². The minimum absolute atomic E-state index is 0.104. The molecule has 0 fully saturated rings. The summed E-state index contributed by atoms with van der Waals surface area (Å²) >= 11 is 0. The smallest absolute Gasteiger partial charge is 0.338 e. The van der Waals surface area contributed by atoms with Crippen LogP contribution in [-0.4, -0.2) is 11.8 Å². The monoisotopic (exact) mass is 374 g/mol. The average Bonchev–Trinajstić information content (AvgIpc) is 2.70. The zero-order valence-electron chi connectivity index (χ0n) is 15.4. The van der Waals surface area contributed by atoms with Gasteiger partial charge in [-0.2, -0.15) is 0 Å². The Morgan fingerprint density at radius 3 is 2.39 bits per heavy atom. The lowest BCUT2D eigenvalue weighted by molar-refractivity contribution is -0.130. The standard InChI is InChI=1S/C23H19FN2O2/c1-4-21(25)26-16-11-9-15(10-12-16)19-13-20(24)22(28-23(27)14(2)3)18-8-6-5-7-17(18)19/h4-13H,1-2H2,3H3,(H2,25,26). The number of carbonyl (C=O) groups excluding carboxylic acids is 1. The predicted molar refractivity (Wildman–Crippen MR) is 111 cm³/mol. The minimum Gasteiger partial charge on any atom is -0.419 e. The highest BCUT2D eigenvalue weighted by atomic mass is 19.1. The van der Waals surface area contributed by atoms with Gasteiger partial charge in [-0.1, -0.05) is 49.6 Å². The summed E-state index contributed by atoms with van der Waals surface area (Å²) in [6, 6.07) is 15.8. The van der Waals surface area contributed by atoms with Crippen molar-refractivity contribution < 1.29 is 13.9 Å². The highest BCUT2D eigenvalue weighted by Crippen LogP contribution is 2.37. The van der Waals surface area contributed by atoms with E-state index in [2.05, 4.69) is 18.2 Å². The number of carbonyl (C=O) groups is 1. The van der Waals surface area contributed by atoms with E-state index in [0.29, 0.717) is 22.5 Å². The summed E-state index contributed by atoms with van der Waals surface area (Å²) in [6.45, 7) is 8.62. The predicted octanol–water partition coefficient (Wildman–Crippen LogP) is 5.30. The van der Waals surface area contributed by atoms with Crippen LogP contribution in [0.5, 0.6) is 5.75 Å². The van der Waals surface area contributed by atoms with E-state index >= 15 is 0 Å². The first-order valence-electron chi connectivity index (χ1n) is 8.56. The topological polar surface area (TPSA) is 64.7 Å². The molecule has 28 heavy (non-hydrogen) atoms. The Labute approximate surface area is 162 Å². The number of nitrogens with zero attached hydrogens (tertiary/aromatic N) is 1. The highest BCUT2D eigenvalue weighted by molar-refractivity contribution is 6.02. The fourth-order valence-corrected chi connectivity index (χ4v) is 2.75. The Balaban J connectivity index is 2.12. The largest absolute Gasteiger partial charge is 0.419 e. The van der Waals surface area contributed by atoms with Crippen LogP contribution in [-0.2, 0) is 4.79 Å². The third kappa shape index (κ3) is 3.83. The number of hydrogen-bond acceptors (Lipinski definition) is 3. The van der Waals surface area contributed by atoms with E-state index in [1.807, 2.05) is 24.3 Å². The maximum Gasteiger partial charge on any atom is 0.338 e. The number of fused-ring (bicyclic) bond motifs is 1. The molecule has 3 aromatic carbocycles. The van der Waals surface area contributed by atoms with Gasteiger partial charge in [-0.3, -0.25) is 0 Å². The Bertz CT molecular complexity index is 1120. The van der Waals surface area contributed by atoms with Gasteiger partial charge in [-0.25, -0.2) is 14.2 Å². The lowest BCUT2D eigenvalue weighted by Crippen LogP contribution is -2.10. The van der Waals surface area contributed by atoms with Gasteiger partial charge >= 0.3 is 5.97 Å². The quantitative estimate of drug-likeness (QED) is 0.217. The molecule has 0 bridgehead atoms. The minimum atomic E-state index is -0.668. The molecule has 0 aromatic heterocycles. The number of esters is 1. The summed E-state index contributed by atoms with van der Waals surface area (Å²) in [5.41, 5.74) is 7.99. The van der Waals surface area contributed by atoms with Gasteiger partial charge in [0.05, 0.1) is 5.69 Å². The normalized spacial score (nSPS) is 11.3. The van der Waals surface area contributed by atoms with Crippen LogP contribution >= 0.6 is 0 Å². The van der Waals surface area contributed by atoms with Crippen molar-refractivity contribution in [3.8, 4) is 16.9 Å². The lowest BCUT2D eigenvalue weighted by atomic mass is 9.97. The van der Waals surface area contributed by atoms with Gasteiger partial charge < -0.3 is 10.5 Å². The van der Waals surface area contributed by atoms with Crippen LogP contribution in [0.3, 0.4) is 0 Å². The first-order chi connectivity index (χ1) is 13.4. The molecule has 4 nitrogen and oxygen atoms in total. The summed E-state index contributed by atoms with van der Waals surface area (Å²) in [6.07, 6.45) is 1.46. The van der Waals surface area contributed by atoms with Crippen molar-refractivity contribution in [1.82, 2.24) is 0 Å². The zero-order valence-corrected chi connectivity index (χ0v) is 15.4. The van der Waals surface area contributed by atoms with E-state index in [0.717, 1.165) is 10.9 Å². The molecule has 0 aliphatic heterocycles. The van der Waals surface area contributed by atoms with Crippen LogP contribution in [0.2, 0.25) is 0 Å². The SMILES string of the molecule is C=CC(N)=Nc1ccc(-c2cc(F)c(OC(=O)C(=C)C)c3ccccc23)cc1. The maximum atomic E-state index is 14.8. The number of benzene rings is 3. The second-order valence-electron chi connectivity index (χ2n) is 6.24. The molecule has 3 aromatic rings. The molecule has 0 radical (unpaired) electrons. The van der Waals surface area contributed by atoms with Crippen molar-refractivity contribution in [3.05, 3.63) is 85.2 Å². The molecule has 140 valence electrons. The molecular weight excluding hydrogens is 355 g/mol. The van der Waals surface area contributed by atoms with E-state index in [1.165, 1.54) is 19.1 Å². The molecule has 0 atom stereocenters. The molecule has 2 N–H and O–H groups in total. The Morgan fingerprint density at radius 2 is 1.79 bits per heavy atom. The first kappa shape index (κ1) is 19.0. The second kappa shape index (κ2) is 7.88. The number of halogens is 1. The summed E-state index contributed by atoms with van der Waals surface area (Å²) in [5, 5.41) is 1.26. The Hall–Kier alpha value is -3.73. The third-order valence-electron chi connectivity index (χ3n) is 4.14. The number of amidine groups is 1. The Kier molecular flexibility index (Phi) is 5.36. The molecular formula is C23H19FN2O2. The number of rotatable bonds is 5. The molecule has 0 heterocycles. The van der Waals surface area contributed by atoms with Gasteiger partial charge in [0, 0.05) is 11.0 Å². The molecule has 0 saturated heterocycles. The fourth-order valence-electron chi connectivity index (χ4n) is 2.75. The van der Waals surface area contributed by atoms with Crippen LogP contribution < -0.4 is 10.5 Å². The summed E-state index contributed by atoms with van der Waals surface area (Å²) < 4.78 is 20.1. The van der Waals surface area contributed by atoms with E-state index in [9.17, 15) is 9.18 Å². The van der Waals surface area contributed by atoms with Gasteiger partial charge in [0.2, 0.25) is 0 Å². The van der Waals surface area contributed by atoms with Gasteiger partial charge in [0.25, 0.3) is 0 Å². The molecule has 0 aliphatic carbocycles. The van der Waals surface area contributed by atoms with Crippen LogP contribution in [0.1, 0.15) is 6.92 Å². The molecule has 0 amide bonds. The van der Waals surface area contributed by atoms with E-state index in [-0.39, 0.29) is 11.3 Å². The molecule has 0 unspecified atom stereocenters. The van der Waals surface area contributed by atoms with Gasteiger partial charge in [-0.15, -0.1) is 0 Å². The van der Waals surface area contributed by atoms with E-state index in [1.54, 1.807) is 24.3 Å². The van der Waals surface area contributed by atoms with Crippen LogP contribution in [0, 0.1) is 5.82 Å². The number of hydrogen-bond donors (Lipinski definition) is 1. The van der Waals surface area contributed by atoms with Crippen LogP contribution in [0.25, 0.3) is 21.9 Å². The number of aliphatic imine (C=N–C) groups is 1. The van der Waals surface area contributed by atoms with Gasteiger partial charge in [0.1, 0.15) is 5.84 Å². The third-order valence-corrected chi connectivity index (χ3v) is 4.14. The molecule has 0 spiro atoms. The molecule has 5 heteroatoms. The maximum absolute atomic E-state index is 14.8. The van der Waals surface area contributed by atoms with Crippen LogP contribution in [0.4, 0.5) is 10.1 Å². The average molecular weight is 374 g/mol. The number of nitrogens with two attached hydrogens (primary N) is 1. The van der Waals surface area contributed by atoms with E-state index < -0.39 is 11.8 Å². The first-order valence-corrected chi connectivity index (χ1v) is 8.56. The van der Waals surface area contributed by atoms with Crippen molar-refractivity contribution in [2.24, 2.45) is 10.7 Å². The van der Waals surface area contributed by atoms with Crippen molar-refractivity contribution in [3.63, 3.8) is 0 Å². The number of ether oxygens (including phenoxy) is 1. The fraction of sp³-hybridized carbons (Fsp3) is 0.0435. The van der Waals surface area contributed by atoms with Crippen LogP contribution in [0.15, 0.2) is 84.4 Å².